The molecule has 2 rings (SSSR count). The Morgan fingerprint density at radius 2 is 2.11 bits per heavy atom. The summed E-state index contributed by atoms with van der Waals surface area (Å²) in [5.74, 6) is -0.270. The van der Waals surface area contributed by atoms with Crippen LogP contribution in [0.1, 0.15) is 26.3 Å². The highest BCUT2D eigenvalue weighted by atomic mass is 19.1. The Hall–Kier alpha value is -1.88. The Kier molecular flexibility index (Phi) is 5.06. The monoisotopic (exact) mass is 267 g/mol. The number of carbonyl (C=O) groups is 1. The molecule has 0 bridgehead atoms. The Morgan fingerprint density at radius 3 is 2.58 bits per heavy atom. The summed E-state index contributed by atoms with van der Waals surface area (Å²) in [6, 6.07) is 4.45. The second-order valence-electron chi connectivity index (χ2n) is 4.99. The number of hydrogen-bond donors (Lipinski definition) is 2. The van der Waals surface area contributed by atoms with Crippen molar-refractivity contribution in [3.8, 4) is 0 Å². The molecular weight excluding hydrogens is 249 g/mol. The lowest BCUT2D eigenvalue weighted by Gasteiger charge is -2.14. The first-order valence-electron chi connectivity index (χ1n) is 5.85. The van der Waals surface area contributed by atoms with Gasteiger partial charge in [0.05, 0.1) is 6.61 Å². The molecule has 4 nitrogen and oxygen atoms in total. The van der Waals surface area contributed by atoms with Crippen molar-refractivity contribution in [2.75, 3.05) is 0 Å². The van der Waals surface area contributed by atoms with Crippen LogP contribution < -0.4 is 0 Å². The second kappa shape index (κ2) is 6.33. The summed E-state index contributed by atoms with van der Waals surface area (Å²) in [6.07, 6.45) is 1.68. The maximum Gasteiger partial charge on any atom is 0.293 e. The number of hydrogen-bond acceptors (Lipinski definition) is 3. The summed E-state index contributed by atoms with van der Waals surface area (Å²) in [5, 5.41) is 9.75. The van der Waals surface area contributed by atoms with E-state index in [2.05, 4.69) is 9.72 Å². The molecule has 0 saturated heterocycles. The van der Waals surface area contributed by atoms with Crippen molar-refractivity contribution in [1.82, 2.24) is 4.98 Å². The summed E-state index contributed by atoms with van der Waals surface area (Å²) in [7, 11) is 0. The van der Waals surface area contributed by atoms with E-state index in [9.17, 15) is 9.18 Å². The number of fused-ring (bicyclic) bond motifs is 1. The van der Waals surface area contributed by atoms with Crippen LogP contribution in [-0.2, 0) is 16.1 Å². The molecular formula is C14H18FNO3. The van der Waals surface area contributed by atoms with Gasteiger partial charge in [-0.2, -0.15) is 0 Å². The van der Waals surface area contributed by atoms with Crippen LogP contribution in [0.25, 0.3) is 10.9 Å². The van der Waals surface area contributed by atoms with Crippen molar-refractivity contribution >= 4 is 17.4 Å². The average Bonchev–Trinajstić information content (AvgIpc) is 2.70. The van der Waals surface area contributed by atoms with Crippen molar-refractivity contribution < 1.29 is 19.0 Å². The highest BCUT2D eigenvalue weighted by Crippen LogP contribution is 2.18. The average molecular weight is 267 g/mol. The molecule has 1 aromatic carbocycles. The van der Waals surface area contributed by atoms with Gasteiger partial charge in [-0.15, -0.1) is 0 Å². The first-order valence-corrected chi connectivity index (χ1v) is 5.85. The van der Waals surface area contributed by atoms with E-state index >= 15 is 0 Å². The molecule has 19 heavy (non-hydrogen) atoms. The smallest absolute Gasteiger partial charge is 0.293 e. The molecule has 2 N–H and O–H groups in total. The molecule has 0 atom stereocenters. The van der Waals surface area contributed by atoms with Gasteiger partial charge in [0.1, 0.15) is 11.4 Å². The van der Waals surface area contributed by atoms with Gasteiger partial charge in [-0.3, -0.25) is 4.79 Å². The quantitative estimate of drug-likeness (QED) is 0.822. The summed E-state index contributed by atoms with van der Waals surface area (Å²) in [6.45, 7) is 5.90. The van der Waals surface area contributed by atoms with Crippen LogP contribution in [-0.4, -0.2) is 22.2 Å². The fraction of sp³-hybridized carbons (Fsp3) is 0.357. The summed E-state index contributed by atoms with van der Waals surface area (Å²) >= 11 is 0. The lowest BCUT2D eigenvalue weighted by molar-refractivity contribution is -0.138. The number of carbonyl (C=O) groups excluding carboxylic acids is 1. The van der Waals surface area contributed by atoms with Gasteiger partial charge in [0, 0.05) is 22.7 Å². The minimum Gasteiger partial charge on any atom is -0.462 e. The van der Waals surface area contributed by atoms with E-state index in [0.717, 1.165) is 16.5 Å². The first-order chi connectivity index (χ1) is 8.87. The van der Waals surface area contributed by atoms with E-state index in [1.807, 2.05) is 20.8 Å². The standard InChI is InChI=1S/C9H8FNO.C5H10O2/c10-7-1-2-8-6(5-12)4-11-9(8)3-7;1-5(2,3)7-4-6/h1-4,11-12H,5H2;4H,1-3H3. The molecule has 0 fully saturated rings. The number of halogens is 1. The lowest BCUT2D eigenvalue weighted by Crippen LogP contribution is -2.17. The number of rotatable bonds is 2. The Bertz CT molecular complexity index is 543. The van der Waals surface area contributed by atoms with Gasteiger partial charge in [0.15, 0.2) is 0 Å². The Morgan fingerprint density at radius 1 is 1.42 bits per heavy atom. The van der Waals surface area contributed by atoms with Crippen molar-refractivity contribution in [3.05, 3.63) is 35.8 Å². The van der Waals surface area contributed by atoms with Crippen molar-refractivity contribution in [2.45, 2.75) is 33.0 Å². The molecule has 0 radical (unpaired) electrons. The van der Waals surface area contributed by atoms with Crippen LogP contribution in [0.5, 0.6) is 0 Å². The molecule has 1 heterocycles. The fourth-order valence-electron chi connectivity index (χ4n) is 1.43. The van der Waals surface area contributed by atoms with Gasteiger partial charge in [-0.25, -0.2) is 4.39 Å². The van der Waals surface area contributed by atoms with E-state index in [4.69, 9.17) is 5.11 Å². The molecule has 0 saturated carbocycles. The van der Waals surface area contributed by atoms with Crippen LogP contribution in [0.15, 0.2) is 24.4 Å². The Balaban J connectivity index is 0.000000224. The normalized spacial score (nSPS) is 10.8. The molecule has 0 aliphatic carbocycles. The zero-order chi connectivity index (χ0) is 14.5. The number of nitrogens with one attached hydrogen (secondary N) is 1. The van der Waals surface area contributed by atoms with Gasteiger partial charge in [0.25, 0.3) is 6.47 Å². The van der Waals surface area contributed by atoms with E-state index < -0.39 is 0 Å². The molecule has 0 spiro atoms. The zero-order valence-corrected chi connectivity index (χ0v) is 11.2. The number of aromatic amines is 1. The lowest BCUT2D eigenvalue weighted by atomic mass is 10.2. The third-order valence-corrected chi connectivity index (χ3v) is 2.30. The first kappa shape index (κ1) is 15.2. The largest absolute Gasteiger partial charge is 0.462 e. The van der Waals surface area contributed by atoms with Crippen LogP contribution in [0.4, 0.5) is 4.39 Å². The van der Waals surface area contributed by atoms with E-state index in [0.29, 0.717) is 6.47 Å². The molecule has 0 amide bonds. The second-order valence-corrected chi connectivity index (χ2v) is 4.99. The predicted molar refractivity (Wildman–Crippen MR) is 71.1 cm³/mol. The number of aromatic nitrogens is 1. The molecule has 0 unspecified atom stereocenters. The van der Waals surface area contributed by atoms with Crippen LogP contribution in [0.3, 0.4) is 0 Å². The fourth-order valence-corrected chi connectivity index (χ4v) is 1.43. The number of benzene rings is 1. The van der Waals surface area contributed by atoms with Gasteiger partial charge in [-0.1, -0.05) is 0 Å². The van der Waals surface area contributed by atoms with Gasteiger partial charge in [0.2, 0.25) is 0 Å². The molecule has 0 aliphatic heterocycles. The number of aliphatic hydroxyl groups excluding tert-OH is 1. The number of H-pyrrole nitrogens is 1. The van der Waals surface area contributed by atoms with E-state index in [1.54, 1.807) is 12.3 Å². The van der Waals surface area contributed by atoms with Crippen LogP contribution >= 0.6 is 0 Å². The third kappa shape index (κ3) is 4.71. The third-order valence-electron chi connectivity index (χ3n) is 2.30. The number of ether oxygens (including phenoxy) is 1. The predicted octanol–water partition coefficient (Wildman–Crippen LogP) is 2.76. The van der Waals surface area contributed by atoms with Gasteiger partial charge >= 0.3 is 0 Å². The minimum atomic E-state index is -0.318. The van der Waals surface area contributed by atoms with Crippen LogP contribution in [0, 0.1) is 5.82 Å². The zero-order valence-electron chi connectivity index (χ0n) is 11.2. The molecule has 104 valence electrons. The number of aliphatic hydroxyl groups is 1. The van der Waals surface area contributed by atoms with E-state index in [1.165, 1.54) is 12.1 Å². The van der Waals surface area contributed by atoms with Crippen molar-refractivity contribution in [1.29, 1.82) is 0 Å². The summed E-state index contributed by atoms with van der Waals surface area (Å²) in [5.41, 5.74) is 1.20. The van der Waals surface area contributed by atoms with E-state index in [-0.39, 0.29) is 18.0 Å². The van der Waals surface area contributed by atoms with Gasteiger partial charge < -0.3 is 14.8 Å². The summed E-state index contributed by atoms with van der Waals surface area (Å²) in [4.78, 5) is 12.5. The van der Waals surface area contributed by atoms with Crippen LogP contribution in [0.2, 0.25) is 0 Å². The van der Waals surface area contributed by atoms with Gasteiger partial charge in [-0.05, 0) is 39.0 Å². The SMILES string of the molecule is CC(C)(C)OC=O.OCc1c[nH]c2cc(F)ccc12. The molecule has 2 aromatic rings. The maximum absolute atomic E-state index is 12.7. The summed E-state index contributed by atoms with van der Waals surface area (Å²) < 4.78 is 17.2. The topological polar surface area (TPSA) is 62.3 Å². The molecule has 0 aliphatic rings. The highest BCUT2D eigenvalue weighted by molar-refractivity contribution is 5.82. The maximum atomic E-state index is 12.7. The highest BCUT2D eigenvalue weighted by Gasteiger charge is 2.07. The molecule has 5 heteroatoms. The minimum absolute atomic E-state index is 0.0222. The Labute approximate surface area is 111 Å². The van der Waals surface area contributed by atoms with Crippen molar-refractivity contribution in [3.63, 3.8) is 0 Å². The molecule has 1 aromatic heterocycles. The van der Waals surface area contributed by atoms with Crippen molar-refractivity contribution in [2.24, 2.45) is 0 Å².